The first-order valence-electron chi connectivity index (χ1n) is 7.10. The first kappa shape index (κ1) is 17.1. The highest BCUT2D eigenvalue weighted by Gasteiger charge is 2.19. The van der Waals surface area contributed by atoms with Crippen LogP contribution in [0.5, 0.6) is 11.5 Å². The molecule has 6 heteroatoms. The molecule has 0 fully saturated rings. The molecule has 1 amide bonds. The van der Waals surface area contributed by atoms with Gasteiger partial charge in [-0.3, -0.25) is 4.79 Å². The average Bonchev–Trinajstić information content (AvgIpc) is 2.56. The summed E-state index contributed by atoms with van der Waals surface area (Å²) in [6.45, 7) is 1.84. The quantitative estimate of drug-likeness (QED) is 0.855. The van der Waals surface area contributed by atoms with Crippen LogP contribution in [0.15, 0.2) is 42.5 Å². The highest BCUT2D eigenvalue weighted by atomic mass is 35.5. The normalized spacial score (nSPS) is 11.7. The van der Waals surface area contributed by atoms with Crippen molar-refractivity contribution >= 4 is 23.2 Å². The van der Waals surface area contributed by atoms with Crippen molar-refractivity contribution in [2.24, 2.45) is 0 Å². The average molecular weight is 338 g/mol. The number of ether oxygens (including phenoxy) is 2. The maximum absolute atomic E-state index is 13.1. The molecule has 0 unspecified atom stereocenters. The van der Waals surface area contributed by atoms with Crippen LogP contribution in [0.2, 0.25) is 5.02 Å². The zero-order chi connectivity index (χ0) is 16.8. The van der Waals surface area contributed by atoms with Gasteiger partial charge in [0.2, 0.25) is 0 Å². The molecule has 0 spiro atoms. The Kier molecular flexibility index (Phi) is 5.82. The Morgan fingerprint density at radius 2 is 2.00 bits per heavy atom. The van der Waals surface area contributed by atoms with Crippen LogP contribution in [0.25, 0.3) is 0 Å². The zero-order valence-corrected chi connectivity index (χ0v) is 13.6. The monoisotopic (exact) mass is 337 g/mol. The molecule has 2 rings (SSSR count). The van der Waals surface area contributed by atoms with E-state index in [0.717, 1.165) is 0 Å². The van der Waals surface area contributed by atoms with Gasteiger partial charge in [0.1, 0.15) is 17.3 Å². The van der Waals surface area contributed by atoms with Crippen LogP contribution in [-0.2, 0) is 4.79 Å². The fraction of sp³-hybridized carbons (Fsp3) is 0.235. The van der Waals surface area contributed by atoms with Crippen molar-refractivity contribution in [3.63, 3.8) is 0 Å². The molecule has 0 aromatic heterocycles. The fourth-order valence-corrected chi connectivity index (χ4v) is 2.14. The van der Waals surface area contributed by atoms with Crippen LogP contribution in [0.1, 0.15) is 13.3 Å². The Hall–Kier alpha value is -2.27. The molecule has 0 radical (unpaired) electrons. The second-order valence-electron chi connectivity index (χ2n) is 4.81. The van der Waals surface area contributed by atoms with Crippen LogP contribution in [-0.4, -0.2) is 19.1 Å². The van der Waals surface area contributed by atoms with Gasteiger partial charge in [-0.15, -0.1) is 0 Å². The summed E-state index contributed by atoms with van der Waals surface area (Å²) in [5.74, 6) is 0.300. The summed E-state index contributed by atoms with van der Waals surface area (Å²) in [4.78, 5) is 12.3. The highest BCUT2D eigenvalue weighted by Crippen LogP contribution is 2.22. The predicted molar refractivity (Wildman–Crippen MR) is 87.7 cm³/mol. The van der Waals surface area contributed by atoms with E-state index in [-0.39, 0.29) is 10.9 Å². The van der Waals surface area contributed by atoms with Gasteiger partial charge in [0.05, 0.1) is 12.1 Å². The topological polar surface area (TPSA) is 47.6 Å². The summed E-state index contributed by atoms with van der Waals surface area (Å²) in [6.07, 6.45) is -0.219. The van der Waals surface area contributed by atoms with Gasteiger partial charge in [-0.25, -0.2) is 4.39 Å². The first-order chi connectivity index (χ1) is 11.0. The summed E-state index contributed by atoms with van der Waals surface area (Å²) < 4.78 is 24.0. The molecule has 0 saturated heterocycles. The molecule has 2 aromatic carbocycles. The number of carbonyl (C=O) groups excluding carboxylic acids is 1. The summed E-state index contributed by atoms with van der Waals surface area (Å²) in [5, 5.41) is 2.61. The Bertz CT molecular complexity index is 693. The molecule has 1 N–H and O–H groups in total. The van der Waals surface area contributed by atoms with Crippen molar-refractivity contribution < 1.29 is 18.7 Å². The van der Waals surface area contributed by atoms with Crippen molar-refractivity contribution in [1.82, 2.24) is 0 Å². The lowest BCUT2D eigenvalue weighted by atomic mass is 10.2. The zero-order valence-electron chi connectivity index (χ0n) is 12.8. The summed E-state index contributed by atoms with van der Waals surface area (Å²) in [7, 11) is 1.56. The van der Waals surface area contributed by atoms with Crippen molar-refractivity contribution in [2.45, 2.75) is 19.4 Å². The first-order valence-corrected chi connectivity index (χ1v) is 7.48. The van der Waals surface area contributed by atoms with Crippen molar-refractivity contribution in [1.29, 1.82) is 0 Å². The molecule has 0 aliphatic carbocycles. The summed E-state index contributed by atoms with van der Waals surface area (Å²) in [5.41, 5.74) is 0.411. The Morgan fingerprint density at radius 3 is 2.65 bits per heavy atom. The van der Waals surface area contributed by atoms with Crippen molar-refractivity contribution in [3.8, 4) is 11.5 Å². The number of nitrogens with one attached hydrogen (secondary N) is 1. The maximum Gasteiger partial charge on any atom is 0.265 e. The van der Waals surface area contributed by atoms with Gasteiger partial charge in [0, 0.05) is 11.8 Å². The van der Waals surface area contributed by atoms with Crippen LogP contribution in [0, 0.1) is 5.82 Å². The second kappa shape index (κ2) is 7.83. The molecule has 0 aliphatic rings. The minimum Gasteiger partial charge on any atom is -0.497 e. The van der Waals surface area contributed by atoms with Crippen LogP contribution in [0.3, 0.4) is 0 Å². The second-order valence-corrected chi connectivity index (χ2v) is 5.22. The highest BCUT2D eigenvalue weighted by molar-refractivity contribution is 6.31. The van der Waals surface area contributed by atoms with Gasteiger partial charge in [-0.2, -0.15) is 0 Å². The van der Waals surface area contributed by atoms with E-state index in [1.807, 2.05) is 6.92 Å². The number of halogens is 2. The Morgan fingerprint density at radius 1 is 1.26 bits per heavy atom. The molecule has 122 valence electrons. The number of anilines is 1. The molecule has 0 heterocycles. The van der Waals surface area contributed by atoms with Crippen LogP contribution >= 0.6 is 11.6 Å². The Balaban J connectivity index is 2.07. The third-order valence-electron chi connectivity index (χ3n) is 3.17. The summed E-state index contributed by atoms with van der Waals surface area (Å²) in [6, 6.07) is 11.0. The molecule has 0 aliphatic heterocycles. The van der Waals surface area contributed by atoms with E-state index >= 15 is 0 Å². The number of benzene rings is 2. The number of rotatable bonds is 6. The van der Waals surface area contributed by atoms with Gasteiger partial charge in [0.15, 0.2) is 6.10 Å². The number of methoxy groups -OCH3 is 1. The molecular formula is C17H17ClFNO3. The third-order valence-corrected chi connectivity index (χ3v) is 3.46. The van der Waals surface area contributed by atoms with E-state index in [1.54, 1.807) is 31.4 Å². The summed E-state index contributed by atoms with van der Waals surface area (Å²) >= 11 is 5.70. The molecule has 4 nitrogen and oxygen atoms in total. The van der Waals surface area contributed by atoms with E-state index in [9.17, 15) is 9.18 Å². The van der Waals surface area contributed by atoms with Gasteiger partial charge in [0.25, 0.3) is 5.91 Å². The Labute approximate surface area is 139 Å². The SMILES string of the molecule is CC[C@@H](Oc1cccc(OC)c1)C(=O)Nc1ccc(F)c(Cl)c1. The molecular weight excluding hydrogens is 321 g/mol. The minimum atomic E-state index is -0.689. The van der Waals surface area contributed by atoms with E-state index in [1.165, 1.54) is 18.2 Å². The van der Waals surface area contributed by atoms with E-state index in [0.29, 0.717) is 23.6 Å². The minimum absolute atomic E-state index is 0.0513. The van der Waals surface area contributed by atoms with Gasteiger partial charge in [-0.1, -0.05) is 24.6 Å². The van der Waals surface area contributed by atoms with Gasteiger partial charge < -0.3 is 14.8 Å². The lowest BCUT2D eigenvalue weighted by Crippen LogP contribution is -2.32. The van der Waals surface area contributed by atoms with Crippen molar-refractivity contribution in [2.75, 3.05) is 12.4 Å². The smallest absolute Gasteiger partial charge is 0.265 e. The maximum atomic E-state index is 13.1. The molecule has 1 atom stereocenters. The number of carbonyl (C=O) groups is 1. The predicted octanol–water partition coefficient (Wildman–Crippen LogP) is 4.28. The third kappa shape index (κ3) is 4.60. The van der Waals surface area contributed by atoms with Crippen LogP contribution in [0.4, 0.5) is 10.1 Å². The molecule has 0 saturated carbocycles. The van der Waals surface area contributed by atoms with E-state index in [4.69, 9.17) is 21.1 Å². The standard InChI is InChI=1S/C17H17ClFNO3/c1-3-16(23-13-6-4-5-12(10-13)22-2)17(21)20-11-7-8-15(19)14(18)9-11/h4-10,16H,3H2,1-2H3,(H,20,21)/t16-/m1/s1. The number of amides is 1. The molecule has 23 heavy (non-hydrogen) atoms. The van der Waals surface area contributed by atoms with Gasteiger partial charge in [-0.05, 0) is 36.8 Å². The lowest BCUT2D eigenvalue weighted by Gasteiger charge is -2.17. The largest absolute Gasteiger partial charge is 0.497 e. The van der Waals surface area contributed by atoms with Gasteiger partial charge >= 0.3 is 0 Å². The fourth-order valence-electron chi connectivity index (χ4n) is 1.96. The lowest BCUT2D eigenvalue weighted by molar-refractivity contribution is -0.122. The number of hydrogen-bond donors (Lipinski definition) is 1. The van der Waals surface area contributed by atoms with Crippen LogP contribution < -0.4 is 14.8 Å². The molecule has 2 aromatic rings. The van der Waals surface area contributed by atoms with E-state index in [2.05, 4.69) is 5.32 Å². The number of hydrogen-bond acceptors (Lipinski definition) is 3. The molecule has 0 bridgehead atoms. The van der Waals surface area contributed by atoms with E-state index < -0.39 is 11.9 Å². The van der Waals surface area contributed by atoms with Crippen molar-refractivity contribution in [3.05, 3.63) is 53.3 Å².